The van der Waals surface area contributed by atoms with Gasteiger partial charge in [-0.1, -0.05) is 35.5 Å². The van der Waals surface area contributed by atoms with Gasteiger partial charge in [0, 0.05) is 31.2 Å². The smallest absolute Gasteiger partial charge is 0.288 e. The van der Waals surface area contributed by atoms with Gasteiger partial charge in [-0.25, -0.2) is 4.99 Å². The predicted molar refractivity (Wildman–Crippen MR) is 109 cm³/mol. The maximum atomic E-state index is 12.8. The van der Waals surface area contributed by atoms with Gasteiger partial charge in [-0.2, -0.15) is 8.78 Å². The highest BCUT2D eigenvalue weighted by molar-refractivity contribution is 7.99. The van der Waals surface area contributed by atoms with Crippen molar-refractivity contribution in [3.05, 3.63) is 47.0 Å². The lowest BCUT2D eigenvalue weighted by Gasteiger charge is -2.24. The first-order valence-corrected chi connectivity index (χ1v) is 9.41. The van der Waals surface area contributed by atoms with Crippen molar-refractivity contribution in [3.8, 4) is 0 Å². The number of halogens is 3. The zero-order valence-corrected chi connectivity index (χ0v) is 16.8. The molecule has 0 amide bonds. The van der Waals surface area contributed by atoms with Crippen molar-refractivity contribution >= 4 is 46.8 Å². The molecule has 2 aromatic rings. The monoisotopic (exact) mass is 397 g/mol. The first kappa shape index (κ1) is 20.5. The summed E-state index contributed by atoms with van der Waals surface area (Å²) >= 11 is 6.94. The number of anilines is 2. The van der Waals surface area contributed by atoms with Gasteiger partial charge in [0.15, 0.2) is 0 Å². The molecule has 0 radical (unpaired) electrons. The van der Waals surface area contributed by atoms with Gasteiger partial charge in [-0.05, 0) is 43.7 Å². The van der Waals surface area contributed by atoms with Crippen molar-refractivity contribution in [1.29, 1.82) is 0 Å². The second-order valence-electron chi connectivity index (χ2n) is 5.81. The van der Waals surface area contributed by atoms with Crippen LogP contribution in [-0.2, 0) is 0 Å². The summed E-state index contributed by atoms with van der Waals surface area (Å²) in [5.74, 6) is -2.47. The molecular formula is C19H22ClF2N3S. The molecule has 0 unspecified atom stereocenters. The highest BCUT2D eigenvalue weighted by Gasteiger charge is 2.16. The van der Waals surface area contributed by atoms with Crippen molar-refractivity contribution in [2.75, 3.05) is 25.5 Å². The fraction of sp³-hybridized carbons (Fsp3) is 0.316. The number of alkyl halides is 2. The number of rotatable bonds is 7. The fourth-order valence-corrected chi connectivity index (χ4v) is 3.30. The lowest BCUT2D eigenvalue weighted by atomic mass is 10.1. The zero-order valence-electron chi connectivity index (χ0n) is 15.2. The minimum atomic E-state index is -2.47. The first-order chi connectivity index (χ1) is 12.3. The fourth-order valence-electron chi connectivity index (χ4n) is 2.42. The molecule has 0 fully saturated rings. The Kier molecular flexibility index (Phi) is 7.29. The quantitative estimate of drug-likeness (QED) is 0.308. The van der Waals surface area contributed by atoms with E-state index in [1.165, 1.54) is 0 Å². The number of aliphatic imine (C=N–C) groups is 1. The highest BCUT2D eigenvalue weighted by Crippen LogP contribution is 2.40. The van der Waals surface area contributed by atoms with Gasteiger partial charge in [-0.3, -0.25) is 0 Å². The predicted octanol–water partition coefficient (Wildman–Crippen LogP) is 6.34. The molecule has 3 nitrogen and oxygen atoms in total. The van der Waals surface area contributed by atoms with E-state index >= 15 is 0 Å². The number of aryl methyl sites for hydroxylation is 1. The van der Waals surface area contributed by atoms with E-state index in [0.717, 1.165) is 17.8 Å². The van der Waals surface area contributed by atoms with Crippen LogP contribution in [0, 0.1) is 6.92 Å². The lowest BCUT2D eigenvalue weighted by Crippen LogP contribution is -2.14. The minimum absolute atomic E-state index is 0.511. The summed E-state index contributed by atoms with van der Waals surface area (Å²) in [6.07, 6.45) is 1.73. The van der Waals surface area contributed by atoms with Gasteiger partial charge in [-0.15, -0.1) is 0 Å². The third kappa shape index (κ3) is 5.11. The molecule has 0 atom stereocenters. The average molecular weight is 398 g/mol. The molecule has 26 heavy (non-hydrogen) atoms. The Morgan fingerprint density at radius 1 is 1.19 bits per heavy atom. The summed E-state index contributed by atoms with van der Waals surface area (Å²) < 4.78 is 25.7. The number of para-hydroxylation sites is 1. The zero-order chi connectivity index (χ0) is 19.3. The molecule has 0 N–H and O–H groups in total. The van der Waals surface area contributed by atoms with Crippen LogP contribution in [0.2, 0.25) is 5.02 Å². The summed E-state index contributed by atoms with van der Waals surface area (Å²) in [6, 6.07) is 10.8. The highest BCUT2D eigenvalue weighted by atomic mass is 35.5. The summed E-state index contributed by atoms with van der Waals surface area (Å²) in [5, 5.41) is 0.511. The largest absolute Gasteiger partial charge is 0.366 e. The Labute approximate surface area is 162 Å². The molecule has 0 bridgehead atoms. The van der Waals surface area contributed by atoms with Crippen LogP contribution in [0.4, 0.5) is 25.8 Å². The first-order valence-electron chi connectivity index (χ1n) is 8.15. The van der Waals surface area contributed by atoms with Crippen molar-refractivity contribution < 1.29 is 8.78 Å². The third-order valence-electron chi connectivity index (χ3n) is 3.96. The van der Waals surface area contributed by atoms with E-state index in [9.17, 15) is 8.78 Å². The summed E-state index contributed by atoms with van der Waals surface area (Å²) in [6.45, 7) is 4.83. The molecule has 2 aromatic carbocycles. The molecule has 0 saturated carbocycles. The number of thioether (sulfide) groups is 1. The van der Waals surface area contributed by atoms with Crippen LogP contribution in [0.25, 0.3) is 0 Å². The van der Waals surface area contributed by atoms with E-state index < -0.39 is 5.76 Å². The van der Waals surface area contributed by atoms with Gasteiger partial charge in [0.2, 0.25) is 0 Å². The van der Waals surface area contributed by atoms with Crippen LogP contribution >= 0.6 is 23.4 Å². The van der Waals surface area contributed by atoms with Crippen molar-refractivity contribution in [1.82, 2.24) is 4.90 Å². The molecular weight excluding hydrogens is 376 g/mol. The van der Waals surface area contributed by atoms with Gasteiger partial charge in [0.25, 0.3) is 5.76 Å². The van der Waals surface area contributed by atoms with Crippen molar-refractivity contribution in [2.45, 2.75) is 24.5 Å². The van der Waals surface area contributed by atoms with Gasteiger partial charge < -0.3 is 9.80 Å². The molecule has 0 aromatic heterocycles. The molecule has 7 heteroatoms. The summed E-state index contributed by atoms with van der Waals surface area (Å²) in [7, 11) is 3.78. The summed E-state index contributed by atoms with van der Waals surface area (Å²) in [4.78, 5) is 8.76. The Morgan fingerprint density at radius 2 is 1.88 bits per heavy atom. The standard InChI is InChI=1S/C19H22ClF2N3S/c1-5-24(3)12-23-15-10-13(2)17(11-14(15)20)25(4)16-8-6-7-9-18(16)26-19(21)22/h6-12,19H,5H2,1-4H3. The third-order valence-corrected chi connectivity index (χ3v) is 5.04. The number of hydrogen-bond donors (Lipinski definition) is 0. The van der Waals surface area contributed by atoms with E-state index in [1.54, 1.807) is 18.5 Å². The van der Waals surface area contributed by atoms with Gasteiger partial charge in [0.05, 0.1) is 22.7 Å². The Hall–Kier alpha value is -1.79. The molecule has 0 aliphatic carbocycles. The molecule has 0 saturated heterocycles. The van der Waals surface area contributed by atoms with Crippen LogP contribution in [0.15, 0.2) is 46.3 Å². The molecule has 0 aliphatic rings. The minimum Gasteiger partial charge on any atom is -0.366 e. The summed E-state index contributed by atoms with van der Waals surface area (Å²) in [5.41, 5.74) is 3.19. The lowest BCUT2D eigenvalue weighted by molar-refractivity contribution is 0.252. The van der Waals surface area contributed by atoms with Crippen LogP contribution in [0.5, 0.6) is 0 Å². The average Bonchev–Trinajstić information content (AvgIpc) is 2.61. The molecule has 2 rings (SSSR count). The molecule has 0 aliphatic heterocycles. The van der Waals surface area contributed by atoms with Crippen LogP contribution < -0.4 is 4.90 Å². The van der Waals surface area contributed by atoms with E-state index in [2.05, 4.69) is 4.99 Å². The maximum absolute atomic E-state index is 12.8. The maximum Gasteiger partial charge on any atom is 0.288 e. The van der Waals surface area contributed by atoms with Gasteiger partial charge >= 0.3 is 0 Å². The van der Waals surface area contributed by atoms with Crippen LogP contribution in [0.1, 0.15) is 12.5 Å². The Balaban J connectivity index is 2.37. The Morgan fingerprint density at radius 3 is 2.54 bits per heavy atom. The van der Waals surface area contributed by atoms with E-state index in [-0.39, 0.29) is 0 Å². The molecule has 0 spiro atoms. The van der Waals surface area contributed by atoms with E-state index in [4.69, 9.17) is 11.6 Å². The molecule has 140 valence electrons. The number of benzene rings is 2. The van der Waals surface area contributed by atoms with Crippen molar-refractivity contribution in [2.24, 2.45) is 4.99 Å². The molecule has 0 heterocycles. The number of nitrogens with zero attached hydrogens (tertiary/aromatic N) is 3. The van der Waals surface area contributed by atoms with Gasteiger partial charge in [0.1, 0.15) is 0 Å². The van der Waals surface area contributed by atoms with Crippen molar-refractivity contribution in [3.63, 3.8) is 0 Å². The topological polar surface area (TPSA) is 18.8 Å². The van der Waals surface area contributed by atoms with Crippen LogP contribution in [0.3, 0.4) is 0 Å². The van der Waals surface area contributed by atoms with E-state index in [1.807, 2.05) is 62.0 Å². The normalized spacial score (nSPS) is 11.4. The number of hydrogen-bond acceptors (Lipinski definition) is 3. The Bertz CT molecular complexity index is 783. The second kappa shape index (κ2) is 9.24. The van der Waals surface area contributed by atoms with E-state index in [0.29, 0.717) is 33.1 Å². The second-order valence-corrected chi connectivity index (χ2v) is 7.25. The van der Waals surface area contributed by atoms with Crippen LogP contribution in [-0.4, -0.2) is 37.6 Å². The SMILES string of the molecule is CCN(C)C=Nc1cc(C)c(N(C)c2ccccc2SC(F)F)cc1Cl.